The number of nitrogens with one attached hydrogen (secondary N) is 2. The van der Waals surface area contributed by atoms with Crippen LogP contribution in [-0.2, 0) is 12.1 Å². The maximum Gasteiger partial charge on any atom is 0.407 e. The summed E-state index contributed by atoms with van der Waals surface area (Å²) < 4.78 is 40.2. The minimum Gasteiger partial charge on any atom is -0.465 e. The van der Waals surface area contributed by atoms with Crippen molar-refractivity contribution < 1.29 is 27.9 Å². The number of aromatic amines is 1. The van der Waals surface area contributed by atoms with E-state index in [0.717, 1.165) is 4.90 Å². The van der Waals surface area contributed by atoms with E-state index in [1.165, 1.54) is 23.2 Å². The molecule has 2 aliphatic rings. The van der Waals surface area contributed by atoms with Gasteiger partial charge in [-0.05, 0) is 42.7 Å². The van der Waals surface area contributed by atoms with Crippen molar-refractivity contribution in [3.8, 4) is 6.07 Å². The molecule has 0 aliphatic carbocycles. The highest BCUT2D eigenvalue weighted by Crippen LogP contribution is 2.38. The SMILES string of the molecule is N#CCC1(n2nc(Nc3ccc4c(c3)CN(CC(F)(F)F)C4=O)c3c(=O)[nH]ccc32)CCN(C(=O)O)CC1. The number of rotatable bonds is 5. The lowest BCUT2D eigenvalue weighted by atomic mass is 9.85. The lowest BCUT2D eigenvalue weighted by molar-refractivity contribution is -0.140. The largest absolute Gasteiger partial charge is 0.465 e. The van der Waals surface area contributed by atoms with Crippen LogP contribution >= 0.6 is 0 Å². The first-order chi connectivity index (χ1) is 18.0. The highest BCUT2D eigenvalue weighted by atomic mass is 19.4. The fourth-order valence-electron chi connectivity index (χ4n) is 5.19. The van der Waals surface area contributed by atoms with E-state index in [0.29, 0.717) is 29.6 Å². The van der Waals surface area contributed by atoms with Crippen molar-refractivity contribution in [2.75, 3.05) is 25.0 Å². The number of fused-ring (bicyclic) bond motifs is 2. The van der Waals surface area contributed by atoms with Crippen LogP contribution in [0.4, 0.5) is 29.5 Å². The Kier molecular flexibility index (Phi) is 6.01. The van der Waals surface area contributed by atoms with Crippen molar-refractivity contribution in [1.29, 1.82) is 5.26 Å². The molecule has 4 heterocycles. The Bertz CT molecular complexity index is 1530. The minimum absolute atomic E-state index is 0.0411. The molecule has 0 radical (unpaired) electrons. The summed E-state index contributed by atoms with van der Waals surface area (Å²) in [5, 5.41) is 26.8. The monoisotopic (exact) mass is 529 g/mol. The smallest absolute Gasteiger partial charge is 0.407 e. The van der Waals surface area contributed by atoms with Gasteiger partial charge in [0.25, 0.3) is 11.5 Å². The summed E-state index contributed by atoms with van der Waals surface area (Å²) >= 11 is 0. The normalized spacial score (nSPS) is 16.9. The number of aromatic nitrogens is 3. The highest BCUT2D eigenvalue weighted by Gasteiger charge is 2.40. The molecule has 0 spiro atoms. The predicted molar refractivity (Wildman–Crippen MR) is 128 cm³/mol. The minimum atomic E-state index is -4.52. The van der Waals surface area contributed by atoms with Crippen LogP contribution in [0, 0.1) is 11.3 Å². The van der Waals surface area contributed by atoms with E-state index in [1.54, 1.807) is 16.8 Å². The number of hydrogen-bond donors (Lipinski definition) is 3. The number of carbonyl (C=O) groups excluding carboxylic acids is 1. The van der Waals surface area contributed by atoms with E-state index in [9.17, 15) is 37.9 Å². The zero-order valence-electron chi connectivity index (χ0n) is 19.9. The Balaban J connectivity index is 1.51. The Hall–Kier alpha value is -4.54. The third-order valence-corrected chi connectivity index (χ3v) is 7.04. The molecule has 11 nitrogen and oxygen atoms in total. The molecule has 14 heteroatoms. The van der Waals surface area contributed by atoms with Crippen molar-refractivity contribution in [1.82, 2.24) is 24.6 Å². The van der Waals surface area contributed by atoms with Gasteiger partial charge in [-0.25, -0.2) is 4.79 Å². The van der Waals surface area contributed by atoms with E-state index >= 15 is 0 Å². The summed E-state index contributed by atoms with van der Waals surface area (Å²) in [6, 6.07) is 8.30. The highest BCUT2D eigenvalue weighted by molar-refractivity contribution is 5.99. The van der Waals surface area contributed by atoms with E-state index in [-0.39, 0.29) is 42.8 Å². The first-order valence-corrected chi connectivity index (χ1v) is 11.7. The average molecular weight is 529 g/mol. The molecular weight excluding hydrogens is 507 g/mol. The molecule has 0 unspecified atom stereocenters. The number of alkyl halides is 3. The summed E-state index contributed by atoms with van der Waals surface area (Å²) in [6.45, 7) is -1.17. The Morgan fingerprint density at radius 2 is 1.97 bits per heavy atom. The van der Waals surface area contributed by atoms with Crippen LogP contribution < -0.4 is 10.9 Å². The number of hydrogen-bond acceptors (Lipinski definition) is 6. The lowest BCUT2D eigenvalue weighted by Crippen LogP contribution is -2.48. The van der Waals surface area contributed by atoms with E-state index in [4.69, 9.17) is 0 Å². The average Bonchev–Trinajstić information content (AvgIpc) is 3.37. The number of H-pyrrole nitrogens is 1. The van der Waals surface area contributed by atoms with Crippen molar-refractivity contribution in [2.24, 2.45) is 0 Å². The lowest BCUT2D eigenvalue weighted by Gasteiger charge is -2.40. The second kappa shape index (κ2) is 9.09. The number of piperidine rings is 1. The maximum atomic E-state index is 12.9. The number of pyridine rings is 1. The van der Waals surface area contributed by atoms with Crippen LogP contribution in [0.5, 0.6) is 0 Å². The number of nitriles is 1. The first-order valence-electron chi connectivity index (χ1n) is 11.7. The quantitative estimate of drug-likeness (QED) is 0.459. The molecule has 0 atom stereocenters. The zero-order valence-corrected chi connectivity index (χ0v) is 19.9. The number of halogens is 3. The van der Waals surface area contributed by atoms with Crippen LogP contribution in [0.15, 0.2) is 35.3 Å². The molecule has 0 saturated carbocycles. The molecule has 2 aliphatic heterocycles. The van der Waals surface area contributed by atoms with Gasteiger partial charge in [0.2, 0.25) is 0 Å². The van der Waals surface area contributed by atoms with Gasteiger partial charge < -0.3 is 25.2 Å². The molecule has 2 aromatic heterocycles. The van der Waals surface area contributed by atoms with Crippen molar-refractivity contribution in [3.63, 3.8) is 0 Å². The fourth-order valence-corrected chi connectivity index (χ4v) is 5.19. The summed E-state index contributed by atoms with van der Waals surface area (Å²) in [5.74, 6) is -0.544. The molecule has 2 amide bonds. The molecule has 38 heavy (non-hydrogen) atoms. The molecule has 3 N–H and O–H groups in total. The van der Waals surface area contributed by atoms with Gasteiger partial charge in [0, 0.05) is 37.1 Å². The third kappa shape index (κ3) is 4.40. The molecule has 1 fully saturated rings. The Morgan fingerprint density at radius 3 is 2.63 bits per heavy atom. The summed E-state index contributed by atoms with van der Waals surface area (Å²) in [4.78, 5) is 41.2. The Morgan fingerprint density at radius 1 is 1.24 bits per heavy atom. The van der Waals surface area contributed by atoms with E-state index in [1.807, 2.05) is 0 Å². The number of anilines is 2. The van der Waals surface area contributed by atoms with Crippen molar-refractivity contribution in [2.45, 2.75) is 37.5 Å². The number of carbonyl (C=O) groups is 2. The van der Waals surface area contributed by atoms with Gasteiger partial charge in [-0.1, -0.05) is 0 Å². The van der Waals surface area contributed by atoms with Gasteiger partial charge in [-0.3, -0.25) is 14.3 Å². The molecular formula is C24H22F3N7O4. The number of likely N-dealkylation sites (tertiary alicyclic amines) is 1. The number of benzene rings is 1. The molecule has 0 bridgehead atoms. The van der Waals surface area contributed by atoms with Gasteiger partial charge in [0.05, 0.1) is 23.5 Å². The topological polar surface area (TPSA) is 147 Å². The van der Waals surface area contributed by atoms with Gasteiger partial charge in [-0.15, -0.1) is 0 Å². The predicted octanol–water partition coefficient (Wildman–Crippen LogP) is 3.37. The summed E-state index contributed by atoms with van der Waals surface area (Å²) in [7, 11) is 0. The third-order valence-electron chi connectivity index (χ3n) is 7.04. The standard InChI is InChI=1S/C24H22F3N7O4/c25-24(26,27)13-33-12-14-11-15(1-2-16(14)21(33)36)30-19-18-17(3-8-29-20(18)35)34(31-19)23(4-7-28)5-9-32(10-6-23)22(37)38/h1-3,8,11H,4-6,9-10,12-13H2,(H,29,35)(H,30,31)(H,37,38). The summed E-state index contributed by atoms with van der Waals surface area (Å²) in [6.07, 6.45) is -3.46. The zero-order chi connectivity index (χ0) is 27.2. The van der Waals surface area contributed by atoms with Gasteiger partial charge in [0.15, 0.2) is 5.82 Å². The second-order valence-corrected chi connectivity index (χ2v) is 9.43. The van der Waals surface area contributed by atoms with Gasteiger partial charge >= 0.3 is 12.3 Å². The van der Waals surface area contributed by atoms with E-state index in [2.05, 4.69) is 21.5 Å². The van der Waals surface area contributed by atoms with Crippen LogP contribution in [0.2, 0.25) is 0 Å². The number of nitrogens with zero attached hydrogens (tertiary/aromatic N) is 5. The molecule has 5 rings (SSSR count). The van der Waals surface area contributed by atoms with E-state index < -0.39 is 35.8 Å². The molecule has 1 aromatic carbocycles. The first kappa shape index (κ1) is 25.1. The van der Waals surface area contributed by atoms with Crippen molar-refractivity contribution >= 4 is 34.4 Å². The molecule has 1 saturated heterocycles. The number of carboxylic acid groups (broad SMARTS) is 1. The van der Waals surface area contributed by atoms with Crippen LogP contribution in [0.1, 0.15) is 35.2 Å². The number of amides is 2. The summed E-state index contributed by atoms with van der Waals surface area (Å²) in [5.41, 5.74) is 0.141. The second-order valence-electron chi connectivity index (χ2n) is 9.43. The molecule has 198 valence electrons. The van der Waals surface area contributed by atoms with Crippen LogP contribution in [0.25, 0.3) is 10.9 Å². The van der Waals surface area contributed by atoms with Crippen molar-refractivity contribution in [3.05, 3.63) is 51.9 Å². The van der Waals surface area contributed by atoms with Gasteiger partial charge in [0.1, 0.15) is 11.9 Å². The Labute approximate surface area is 213 Å². The van der Waals surface area contributed by atoms with Crippen LogP contribution in [0.3, 0.4) is 0 Å². The van der Waals surface area contributed by atoms with Crippen LogP contribution in [-0.4, -0.2) is 67.5 Å². The maximum absolute atomic E-state index is 12.9. The fraction of sp³-hybridized carbons (Fsp3) is 0.375. The molecule has 3 aromatic rings. The van der Waals surface area contributed by atoms with Gasteiger partial charge in [-0.2, -0.15) is 23.5 Å².